The van der Waals surface area contributed by atoms with Crippen LogP contribution in [0.3, 0.4) is 0 Å². The summed E-state index contributed by atoms with van der Waals surface area (Å²) in [4.78, 5) is 40.5. The van der Waals surface area contributed by atoms with Crippen LogP contribution in [0.15, 0.2) is 48.5 Å². The minimum atomic E-state index is -1.85. The molecule has 44 heavy (non-hydrogen) atoms. The second-order valence-corrected chi connectivity index (χ2v) is 11.0. The van der Waals surface area contributed by atoms with E-state index < -0.39 is 77.5 Å². The number of carbonyl (C=O) groups excluding carboxylic acids is 2. The number of nitrogens with zero attached hydrogens (tertiary/aromatic N) is 1. The lowest BCUT2D eigenvalue weighted by atomic mass is 9.85. The third-order valence-corrected chi connectivity index (χ3v) is 8.24. The van der Waals surface area contributed by atoms with Crippen LogP contribution in [0, 0.1) is 23.3 Å². The standard InChI is InChI=1S/C32H32F4N2O6/c33-22-16-23(34)29(36)30(28(22)35)43-18-26(39)24(17-27(40)41)37-31(42)25-12-3-5-14-38(25)32(13-4-6-15-44-32)21-11-7-9-19-8-1-2-10-20(19)21/h1-2,7-11,16,24-25H,3-6,12-15,17-18H2,(H,37,42)(H,40,41)/t24-,25-,32?/m0/s1. The second-order valence-electron chi connectivity index (χ2n) is 11.0. The Hall–Kier alpha value is -4.03. The van der Waals surface area contributed by atoms with Crippen molar-refractivity contribution < 1.29 is 46.5 Å². The van der Waals surface area contributed by atoms with Gasteiger partial charge in [0.25, 0.3) is 0 Å². The van der Waals surface area contributed by atoms with E-state index in [4.69, 9.17) is 9.47 Å². The van der Waals surface area contributed by atoms with Crippen molar-refractivity contribution in [1.82, 2.24) is 10.2 Å². The SMILES string of the molecule is O=C(O)C[C@H](NC(=O)[C@@H]1CCCCN1C1(c2cccc3ccccc23)CCCCO1)C(=O)COc1c(F)c(F)cc(F)c1F. The first-order valence-corrected chi connectivity index (χ1v) is 14.5. The molecule has 0 aliphatic carbocycles. The van der Waals surface area contributed by atoms with Gasteiger partial charge in [-0.05, 0) is 42.9 Å². The predicted molar refractivity (Wildman–Crippen MR) is 151 cm³/mol. The molecular formula is C32H32F4N2O6. The van der Waals surface area contributed by atoms with Crippen molar-refractivity contribution in [2.24, 2.45) is 0 Å². The average Bonchev–Trinajstić information content (AvgIpc) is 3.03. The summed E-state index contributed by atoms with van der Waals surface area (Å²) in [5.74, 6) is -11.7. The van der Waals surface area contributed by atoms with Crippen LogP contribution in [0.5, 0.6) is 5.75 Å². The molecule has 3 aromatic rings. The second kappa shape index (κ2) is 13.3. The molecule has 0 saturated carbocycles. The van der Waals surface area contributed by atoms with Crippen LogP contribution >= 0.6 is 0 Å². The van der Waals surface area contributed by atoms with Crippen molar-refractivity contribution in [2.45, 2.75) is 62.8 Å². The Morgan fingerprint density at radius 1 is 1.00 bits per heavy atom. The van der Waals surface area contributed by atoms with Crippen LogP contribution in [0.2, 0.25) is 0 Å². The van der Waals surface area contributed by atoms with E-state index in [1.165, 1.54) is 0 Å². The largest absolute Gasteiger partial charge is 0.481 e. The molecule has 0 radical (unpaired) electrons. The molecule has 2 aliphatic rings. The molecule has 2 fully saturated rings. The molecule has 2 N–H and O–H groups in total. The highest BCUT2D eigenvalue weighted by Crippen LogP contribution is 2.44. The molecule has 12 heteroatoms. The van der Waals surface area contributed by atoms with Crippen molar-refractivity contribution in [3.8, 4) is 5.75 Å². The van der Waals surface area contributed by atoms with Gasteiger partial charge < -0.3 is 19.9 Å². The molecule has 0 bridgehead atoms. The summed E-state index contributed by atoms with van der Waals surface area (Å²) in [5.41, 5.74) is -0.0408. The van der Waals surface area contributed by atoms with Crippen molar-refractivity contribution in [3.63, 3.8) is 0 Å². The van der Waals surface area contributed by atoms with Crippen LogP contribution in [-0.4, -0.2) is 59.5 Å². The number of amides is 1. The van der Waals surface area contributed by atoms with Gasteiger partial charge in [-0.25, -0.2) is 8.78 Å². The molecule has 2 aliphatic heterocycles. The van der Waals surface area contributed by atoms with Gasteiger partial charge in [0.15, 0.2) is 23.2 Å². The molecule has 5 rings (SSSR count). The number of carbonyl (C=O) groups is 3. The van der Waals surface area contributed by atoms with E-state index in [1.807, 2.05) is 47.4 Å². The predicted octanol–water partition coefficient (Wildman–Crippen LogP) is 5.21. The molecule has 3 aromatic carbocycles. The first-order valence-electron chi connectivity index (χ1n) is 14.5. The van der Waals surface area contributed by atoms with Crippen LogP contribution in [0.1, 0.15) is 50.5 Å². The molecule has 0 aromatic heterocycles. The van der Waals surface area contributed by atoms with Crippen molar-refractivity contribution in [1.29, 1.82) is 0 Å². The van der Waals surface area contributed by atoms with E-state index in [0.29, 0.717) is 32.4 Å². The Balaban J connectivity index is 1.41. The number of aliphatic carboxylic acids is 1. The number of hydrogen-bond acceptors (Lipinski definition) is 6. The summed E-state index contributed by atoms with van der Waals surface area (Å²) >= 11 is 0. The zero-order valence-corrected chi connectivity index (χ0v) is 23.8. The van der Waals surface area contributed by atoms with E-state index >= 15 is 0 Å². The maximum absolute atomic E-state index is 14.1. The maximum atomic E-state index is 14.1. The van der Waals surface area contributed by atoms with Crippen LogP contribution < -0.4 is 10.1 Å². The van der Waals surface area contributed by atoms with Gasteiger partial charge in [-0.2, -0.15) is 8.78 Å². The minimum absolute atomic E-state index is 0.0101. The third kappa shape index (κ3) is 6.27. The number of Topliss-reactive ketones (excluding diaryl/α,β-unsaturated/α-hetero) is 1. The highest BCUT2D eigenvalue weighted by Gasteiger charge is 2.48. The normalized spacial score (nSPS) is 21.5. The Kier molecular flexibility index (Phi) is 9.50. The van der Waals surface area contributed by atoms with E-state index in [2.05, 4.69) is 5.32 Å². The molecule has 2 saturated heterocycles. The summed E-state index contributed by atoms with van der Waals surface area (Å²) in [5, 5.41) is 13.9. The van der Waals surface area contributed by atoms with Crippen molar-refractivity contribution in [2.75, 3.05) is 19.8 Å². The lowest BCUT2D eigenvalue weighted by molar-refractivity contribution is -0.209. The molecule has 8 nitrogen and oxygen atoms in total. The lowest BCUT2D eigenvalue weighted by Gasteiger charge is -2.51. The molecule has 2 heterocycles. The summed E-state index contributed by atoms with van der Waals surface area (Å²) in [6.45, 7) is -0.169. The van der Waals surface area contributed by atoms with Crippen LogP contribution in [0.25, 0.3) is 10.8 Å². The van der Waals surface area contributed by atoms with Gasteiger partial charge in [0.1, 0.15) is 18.4 Å². The van der Waals surface area contributed by atoms with Crippen molar-refractivity contribution >= 4 is 28.4 Å². The number of carboxylic acids is 1. The third-order valence-electron chi connectivity index (χ3n) is 8.24. The number of ketones is 1. The summed E-state index contributed by atoms with van der Waals surface area (Å²) in [6.07, 6.45) is 3.34. The molecule has 0 spiro atoms. The molecule has 3 atom stereocenters. The fourth-order valence-corrected chi connectivity index (χ4v) is 6.19. The summed E-state index contributed by atoms with van der Waals surface area (Å²) in [6, 6.07) is 11.3. The highest BCUT2D eigenvalue weighted by molar-refractivity contribution is 5.94. The topological polar surface area (TPSA) is 105 Å². The monoisotopic (exact) mass is 616 g/mol. The van der Waals surface area contributed by atoms with E-state index in [-0.39, 0.29) is 6.07 Å². The van der Waals surface area contributed by atoms with Gasteiger partial charge in [0.2, 0.25) is 17.5 Å². The smallest absolute Gasteiger partial charge is 0.305 e. The lowest BCUT2D eigenvalue weighted by Crippen LogP contribution is -2.61. The zero-order valence-electron chi connectivity index (χ0n) is 23.8. The Labute approximate surface area is 250 Å². The number of likely N-dealkylation sites (tertiary alicyclic amines) is 1. The number of ether oxygens (including phenoxy) is 2. The number of nitrogens with one attached hydrogen (secondary N) is 1. The van der Waals surface area contributed by atoms with Crippen molar-refractivity contribution in [3.05, 3.63) is 77.4 Å². The highest BCUT2D eigenvalue weighted by atomic mass is 19.2. The maximum Gasteiger partial charge on any atom is 0.305 e. The Morgan fingerprint density at radius 2 is 1.73 bits per heavy atom. The fraction of sp³-hybridized carbons (Fsp3) is 0.406. The van der Waals surface area contributed by atoms with E-state index in [1.54, 1.807) is 0 Å². The van der Waals surface area contributed by atoms with Gasteiger partial charge in [-0.3, -0.25) is 19.3 Å². The number of fused-ring (bicyclic) bond motifs is 1. The number of rotatable bonds is 10. The average molecular weight is 617 g/mol. The number of halogens is 4. The van der Waals surface area contributed by atoms with Crippen LogP contribution in [-0.2, 0) is 24.8 Å². The molecule has 1 amide bonds. The van der Waals surface area contributed by atoms with Gasteiger partial charge in [0.05, 0.1) is 12.5 Å². The Bertz CT molecular complexity index is 1530. The molecule has 1 unspecified atom stereocenters. The number of benzene rings is 3. The fourth-order valence-electron chi connectivity index (χ4n) is 6.19. The first kappa shape index (κ1) is 31.4. The number of hydrogen-bond donors (Lipinski definition) is 2. The quantitative estimate of drug-likeness (QED) is 0.238. The van der Waals surface area contributed by atoms with Gasteiger partial charge in [-0.15, -0.1) is 0 Å². The number of carboxylic acid groups (broad SMARTS) is 1. The van der Waals surface area contributed by atoms with Gasteiger partial charge >= 0.3 is 5.97 Å². The minimum Gasteiger partial charge on any atom is -0.481 e. The van der Waals surface area contributed by atoms with E-state index in [9.17, 15) is 37.1 Å². The van der Waals surface area contributed by atoms with E-state index in [0.717, 1.165) is 35.6 Å². The first-order chi connectivity index (χ1) is 21.1. The number of piperidine rings is 1. The van der Waals surface area contributed by atoms with Gasteiger partial charge in [0, 0.05) is 24.8 Å². The van der Waals surface area contributed by atoms with Gasteiger partial charge in [-0.1, -0.05) is 48.9 Å². The molecule has 234 valence electrons. The summed E-state index contributed by atoms with van der Waals surface area (Å²) < 4.78 is 66.6. The Morgan fingerprint density at radius 3 is 2.43 bits per heavy atom. The molecular weight excluding hydrogens is 584 g/mol. The van der Waals surface area contributed by atoms with Crippen LogP contribution in [0.4, 0.5) is 17.6 Å². The zero-order chi connectivity index (χ0) is 31.4. The summed E-state index contributed by atoms with van der Waals surface area (Å²) in [7, 11) is 0.